The summed E-state index contributed by atoms with van der Waals surface area (Å²) in [5.74, 6) is 0. The van der Waals surface area contributed by atoms with Crippen LogP contribution in [0.15, 0.2) is 0 Å². The molecule has 4 heavy (non-hydrogen) atoms. The SMILES string of the molecule is C=PPC. The van der Waals surface area contributed by atoms with E-state index in [0.717, 1.165) is 8.27 Å². The van der Waals surface area contributed by atoms with Gasteiger partial charge in [0.2, 0.25) is 0 Å². The van der Waals surface area contributed by atoms with Gasteiger partial charge in [-0.15, -0.1) is 0 Å². The Morgan fingerprint density at radius 2 is 2.25 bits per heavy atom. The van der Waals surface area contributed by atoms with Crippen molar-refractivity contribution in [1.29, 1.82) is 0 Å². The molecule has 0 aliphatic rings. The van der Waals surface area contributed by atoms with Crippen LogP contribution in [0.2, 0.25) is 0 Å². The number of rotatable bonds is 1. The molecule has 0 aliphatic heterocycles. The van der Waals surface area contributed by atoms with Gasteiger partial charge in [-0.3, -0.25) is 0 Å². The first-order chi connectivity index (χ1) is 1.91. The minimum absolute atomic E-state index is 1.00. The Hall–Kier alpha value is 0.600. The second kappa shape index (κ2) is 3.60. The third-order valence-electron chi connectivity index (χ3n) is 0.158. The van der Waals surface area contributed by atoms with E-state index in [2.05, 4.69) is 13.0 Å². The highest BCUT2D eigenvalue weighted by atomic mass is 32.0. The van der Waals surface area contributed by atoms with Gasteiger partial charge < -0.3 is 0 Å². The maximum absolute atomic E-state index is 3.59. The van der Waals surface area contributed by atoms with Crippen LogP contribution in [0.4, 0.5) is 0 Å². The third-order valence-corrected chi connectivity index (χ3v) is 1.42. The van der Waals surface area contributed by atoms with Crippen LogP contribution in [0.25, 0.3) is 0 Å². The van der Waals surface area contributed by atoms with E-state index in [4.69, 9.17) is 0 Å². The van der Waals surface area contributed by atoms with Crippen molar-refractivity contribution in [3.8, 4) is 0 Å². The topological polar surface area (TPSA) is 0 Å². The smallest absolute Gasteiger partial charge is 0.0395 e. The summed E-state index contributed by atoms with van der Waals surface area (Å²) in [6, 6.07) is 0. The first-order valence-electron chi connectivity index (χ1n) is 1.04. The maximum atomic E-state index is 3.59. The molecule has 0 aromatic carbocycles. The van der Waals surface area contributed by atoms with Crippen molar-refractivity contribution in [2.45, 2.75) is 0 Å². The molecule has 0 N–H and O–H groups in total. The van der Waals surface area contributed by atoms with Crippen molar-refractivity contribution in [2.75, 3.05) is 6.66 Å². The van der Waals surface area contributed by atoms with Crippen molar-refractivity contribution in [2.24, 2.45) is 0 Å². The van der Waals surface area contributed by atoms with E-state index >= 15 is 0 Å². The molecule has 0 radical (unpaired) electrons. The summed E-state index contributed by atoms with van der Waals surface area (Å²) in [5, 5.41) is 0. The molecule has 0 fully saturated rings. The van der Waals surface area contributed by atoms with E-state index < -0.39 is 0 Å². The predicted molar refractivity (Wildman–Crippen MR) is 28.3 cm³/mol. The molecule has 24 valence electrons. The molecular weight excluding hydrogens is 86.0 g/mol. The van der Waals surface area contributed by atoms with Crippen LogP contribution in [0.5, 0.6) is 0 Å². The summed E-state index contributed by atoms with van der Waals surface area (Å²) in [7, 11) is 2.28. The summed E-state index contributed by atoms with van der Waals surface area (Å²) in [6.45, 7) is 2.13. The Kier molecular flexibility index (Phi) is 4.14. The van der Waals surface area contributed by atoms with Crippen LogP contribution in [0.1, 0.15) is 0 Å². The fourth-order valence-corrected chi connectivity index (χ4v) is 0. The molecule has 1 atom stereocenters. The fourth-order valence-electron chi connectivity index (χ4n) is 0. The van der Waals surface area contributed by atoms with Crippen molar-refractivity contribution in [1.82, 2.24) is 0 Å². The molecule has 0 aromatic rings. The molecule has 0 aliphatic carbocycles. The molecule has 0 nitrogen and oxygen atoms in total. The highest BCUT2D eigenvalue weighted by Gasteiger charge is 1.44. The summed E-state index contributed by atoms with van der Waals surface area (Å²) < 4.78 is 0. The second-order valence-electron chi connectivity index (χ2n) is 0.382. The van der Waals surface area contributed by atoms with Gasteiger partial charge in [0, 0.05) is 0 Å². The van der Waals surface area contributed by atoms with Crippen molar-refractivity contribution < 1.29 is 0 Å². The predicted octanol–water partition coefficient (Wildman–Crippen LogP) is 1.59. The van der Waals surface area contributed by atoms with Crippen LogP contribution in [-0.4, -0.2) is 13.0 Å². The quantitative estimate of drug-likeness (QED) is 0.431. The van der Waals surface area contributed by atoms with Crippen molar-refractivity contribution in [3.63, 3.8) is 0 Å². The maximum Gasteiger partial charge on any atom is -0.0395 e. The van der Waals surface area contributed by atoms with Gasteiger partial charge in [-0.1, -0.05) is 22.5 Å². The zero-order valence-electron chi connectivity index (χ0n) is 2.65. The van der Waals surface area contributed by atoms with Crippen LogP contribution in [-0.2, 0) is 0 Å². The molecule has 1 unspecified atom stereocenters. The molecule has 0 amide bonds. The van der Waals surface area contributed by atoms with Gasteiger partial charge in [-0.05, 0) is 6.66 Å². The largest absolute Gasteiger partial charge is 0.0877 e. The fraction of sp³-hybridized carbons (Fsp3) is 0.500. The van der Waals surface area contributed by atoms with Gasteiger partial charge in [0.1, 0.15) is 0 Å². The van der Waals surface area contributed by atoms with Gasteiger partial charge >= 0.3 is 0 Å². The average Bonchev–Trinajstić information content (AvgIpc) is 1.37. The molecule has 0 spiro atoms. The normalized spacial score (nSPS) is 11.2. The Morgan fingerprint density at radius 3 is 2.25 bits per heavy atom. The Bertz CT molecular complexity index is 18.0. The third kappa shape index (κ3) is 2.60. The highest BCUT2D eigenvalue weighted by molar-refractivity contribution is 8.10. The molecular formula is C2H6P2. The van der Waals surface area contributed by atoms with Crippen molar-refractivity contribution in [3.05, 3.63) is 0 Å². The summed E-state index contributed by atoms with van der Waals surface area (Å²) >= 11 is 0. The van der Waals surface area contributed by atoms with Gasteiger partial charge in [0.05, 0.1) is 0 Å². The minimum Gasteiger partial charge on any atom is -0.0877 e. The standard InChI is InChI=1S/C2H6P2/c1-3-4-2/h4H,1H2,2H3. The monoisotopic (exact) mass is 92.0 g/mol. The molecule has 0 aromatic heterocycles. The van der Waals surface area contributed by atoms with E-state index in [-0.39, 0.29) is 0 Å². The van der Waals surface area contributed by atoms with Gasteiger partial charge in [-0.25, -0.2) is 0 Å². The average molecular weight is 92.0 g/mol. The van der Waals surface area contributed by atoms with Gasteiger partial charge in [0.15, 0.2) is 0 Å². The first-order valence-corrected chi connectivity index (χ1v) is 4.46. The lowest BCUT2D eigenvalue weighted by atomic mass is 12.0. The Labute approximate surface area is 30.1 Å². The van der Waals surface area contributed by atoms with Gasteiger partial charge in [0.25, 0.3) is 0 Å². The molecule has 0 saturated heterocycles. The summed E-state index contributed by atoms with van der Waals surface area (Å²) in [6.07, 6.45) is 3.59. The van der Waals surface area contributed by atoms with Gasteiger partial charge in [-0.2, -0.15) is 0 Å². The lowest BCUT2D eigenvalue weighted by molar-refractivity contribution is 2.51. The Morgan fingerprint density at radius 1 is 2.00 bits per heavy atom. The molecule has 0 bridgehead atoms. The first kappa shape index (κ1) is 4.60. The lowest BCUT2D eigenvalue weighted by Gasteiger charge is -1.58. The summed E-state index contributed by atoms with van der Waals surface area (Å²) in [5.41, 5.74) is 0. The van der Waals surface area contributed by atoms with Crippen LogP contribution >= 0.6 is 16.2 Å². The van der Waals surface area contributed by atoms with Crippen LogP contribution in [0, 0.1) is 0 Å². The Balaban J connectivity index is 2.30. The highest BCUT2D eigenvalue weighted by Crippen LogP contribution is 2.18. The van der Waals surface area contributed by atoms with Crippen LogP contribution < -0.4 is 0 Å². The zero-order valence-corrected chi connectivity index (χ0v) is 4.55. The van der Waals surface area contributed by atoms with E-state index in [1.807, 2.05) is 0 Å². The minimum atomic E-state index is 1.00. The molecule has 2 heteroatoms. The summed E-state index contributed by atoms with van der Waals surface area (Å²) in [4.78, 5) is 0. The molecule has 0 rings (SSSR count). The van der Waals surface area contributed by atoms with Crippen molar-refractivity contribution >= 4 is 22.5 Å². The van der Waals surface area contributed by atoms with E-state index in [9.17, 15) is 0 Å². The zero-order chi connectivity index (χ0) is 3.41. The number of hydrogen-bond donors (Lipinski definition) is 0. The number of hydrogen-bond acceptors (Lipinski definition) is 0. The molecule has 0 saturated carbocycles. The van der Waals surface area contributed by atoms with E-state index in [1.54, 1.807) is 0 Å². The lowest BCUT2D eigenvalue weighted by Crippen LogP contribution is -1.07. The second-order valence-corrected chi connectivity index (χ2v) is 3.44. The van der Waals surface area contributed by atoms with Crippen LogP contribution in [0.3, 0.4) is 0 Å². The molecule has 0 heterocycles. The van der Waals surface area contributed by atoms with E-state index in [1.165, 1.54) is 7.89 Å². The van der Waals surface area contributed by atoms with E-state index in [0.29, 0.717) is 0 Å².